The molecule has 0 spiro atoms. The van der Waals surface area contributed by atoms with E-state index in [0.717, 1.165) is 0 Å². The van der Waals surface area contributed by atoms with Crippen molar-refractivity contribution < 1.29 is 23.4 Å². The highest BCUT2D eigenvalue weighted by atomic mass is 32.1. The number of nitrogens with zero attached hydrogens (tertiary/aromatic N) is 3. The van der Waals surface area contributed by atoms with Crippen LogP contribution in [0, 0.1) is 11.8 Å². The van der Waals surface area contributed by atoms with Gasteiger partial charge in [-0.15, -0.1) is 11.3 Å². The first-order valence-electron chi connectivity index (χ1n) is 8.66. The molecule has 4 rings (SSSR count). The SMILES string of the molecule is CC(O)(C#Cc1ccc2c(c1)-c1nc(C(N)=O)sc1C(F)(F)CO2)c1ncccn1. The molecular formula is C20H14F2N4O3S. The second-order valence-corrected chi connectivity index (χ2v) is 7.66. The summed E-state index contributed by atoms with van der Waals surface area (Å²) in [5.74, 6) is 1.56. The minimum atomic E-state index is -3.33. The summed E-state index contributed by atoms with van der Waals surface area (Å²) in [5, 5.41) is 10.3. The molecule has 1 unspecified atom stereocenters. The van der Waals surface area contributed by atoms with Crippen LogP contribution >= 0.6 is 11.3 Å². The third kappa shape index (κ3) is 3.60. The van der Waals surface area contributed by atoms with Crippen LogP contribution in [0.25, 0.3) is 11.3 Å². The van der Waals surface area contributed by atoms with Crippen LogP contribution in [-0.2, 0) is 11.5 Å². The average Bonchev–Trinajstić information content (AvgIpc) is 3.15. The van der Waals surface area contributed by atoms with Crippen molar-refractivity contribution in [2.75, 3.05) is 6.61 Å². The van der Waals surface area contributed by atoms with Gasteiger partial charge in [0.25, 0.3) is 5.91 Å². The number of primary amides is 1. The number of alkyl halides is 2. The van der Waals surface area contributed by atoms with Crippen molar-refractivity contribution in [1.82, 2.24) is 15.0 Å². The normalized spacial score (nSPS) is 16.0. The van der Waals surface area contributed by atoms with E-state index in [4.69, 9.17) is 10.5 Å². The molecule has 30 heavy (non-hydrogen) atoms. The lowest BCUT2D eigenvalue weighted by Crippen LogP contribution is -2.21. The molecule has 152 valence electrons. The van der Waals surface area contributed by atoms with Gasteiger partial charge in [0.15, 0.2) is 23.0 Å². The van der Waals surface area contributed by atoms with Crippen LogP contribution in [-0.4, -0.2) is 32.6 Å². The van der Waals surface area contributed by atoms with E-state index in [1.54, 1.807) is 12.1 Å². The number of amides is 1. The van der Waals surface area contributed by atoms with E-state index in [-0.39, 0.29) is 27.8 Å². The molecule has 1 aliphatic heterocycles. The van der Waals surface area contributed by atoms with Crippen LogP contribution in [0.2, 0.25) is 0 Å². The molecular weight excluding hydrogens is 414 g/mol. The number of benzene rings is 1. The van der Waals surface area contributed by atoms with E-state index in [9.17, 15) is 18.7 Å². The van der Waals surface area contributed by atoms with Crippen molar-refractivity contribution in [3.63, 3.8) is 0 Å². The summed E-state index contributed by atoms with van der Waals surface area (Å²) in [6.07, 6.45) is 2.97. The summed E-state index contributed by atoms with van der Waals surface area (Å²) >= 11 is 0.540. The van der Waals surface area contributed by atoms with E-state index >= 15 is 0 Å². The quantitative estimate of drug-likeness (QED) is 0.607. The molecule has 2 aromatic heterocycles. The molecule has 0 saturated carbocycles. The van der Waals surface area contributed by atoms with Gasteiger partial charge in [-0.2, -0.15) is 8.78 Å². The van der Waals surface area contributed by atoms with Crippen molar-refractivity contribution in [3.8, 4) is 28.8 Å². The first kappa shape index (κ1) is 19.9. The van der Waals surface area contributed by atoms with Crippen LogP contribution in [0.3, 0.4) is 0 Å². The standard InChI is InChI=1S/C20H14F2N4O3S/c1-19(28,18-24-7-2-8-25-18)6-5-11-3-4-13-12(9-11)14-15(20(21,22)10-29-13)30-17(26-14)16(23)27/h2-4,7-9,28H,10H2,1H3,(H2,23,27). The van der Waals surface area contributed by atoms with Crippen LogP contribution in [0.4, 0.5) is 8.78 Å². The lowest BCUT2D eigenvalue weighted by molar-refractivity contribution is -0.0412. The van der Waals surface area contributed by atoms with Crippen LogP contribution in [0.5, 0.6) is 5.75 Å². The molecule has 1 aliphatic rings. The van der Waals surface area contributed by atoms with Gasteiger partial charge in [0.2, 0.25) is 0 Å². The number of thiazole rings is 1. The monoisotopic (exact) mass is 428 g/mol. The maximum Gasteiger partial charge on any atom is 0.317 e. The molecule has 7 nitrogen and oxygen atoms in total. The second kappa shape index (κ2) is 7.12. The topological polar surface area (TPSA) is 111 Å². The molecule has 0 aliphatic carbocycles. The van der Waals surface area contributed by atoms with Gasteiger partial charge in [-0.05, 0) is 31.2 Å². The highest BCUT2D eigenvalue weighted by Gasteiger charge is 2.42. The molecule has 3 N–H and O–H groups in total. The van der Waals surface area contributed by atoms with E-state index < -0.39 is 28.9 Å². The third-order valence-corrected chi connectivity index (χ3v) is 5.45. The Kier molecular flexibility index (Phi) is 4.72. The summed E-state index contributed by atoms with van der Waals surface area (Å²) in [5.41, 5.74) is 4.20. The molecule has 0 bridgehead atoms. The number of fused-ring (bicyclic) bond motifs is 3. The molecule has 0 fully saturated rings. The Morgan fingerprint density at radius 2 is 2.10 bits per heavy atom. The number of halogens is 2. The van der Waals surface area contributed by atoms with Crippen LogP contribution in [0.1, 0.15) is 33.0 Å². The Morgan fingerprint density at radius 3 is 2.80 bits per heavy atom. The fourth-order valence-corrected chi connectivity index (χ4v) is 3.70. The predicted molar refractivity (Wildman–Crippen MR) is 104 cm³/mol. The molecule has 10 heteroatoms. The maximum atomic E-state index is 14.5. The summed E-state index contributed by atoms with van der Waals surface area (Å²) < 4.78 is 34.3. The summed E-state index contributed by atoms with van der Waals surface area (Å²) in [6.45, 7) is 0.554. The maximum absolute atomic E-state index is 14.5. The van der Waals surface area contributed by atoms with E-state index in [0.29, 0.717) is 16.9 Å². The van der Waals surface area contributed by atoms with Gasteiger partial charge in [0.05, 0.1) is 5.69 Å². The van der Waals surface area contributed by atoms with Crippen molar-refractivity contribution in [2.24, 2.45) is 5.73 Å². The van der Waals surface area contributed by atoms with Gasteiger partial charge < -0.3 is 15.6 Å². The van der Waals surface area contributed by atoms with Crippen molar-refractivity contribution in [1.29, 1.82) is 0 Å². The zero-order chi connectivity index (χ0) is 21.5. The molecule has 0 radical (unpaired) electrons. The first-order chi connectivity index (χ1) is 14.2. The Balaban J connectivity index is 1.79. The highest BCUT2D eigenvalue weighted by molar-refractivity contribution is 7.14. The van der Waals surface area contributed by atoms with E-state index in [2.05, 4.69) is 26.8 Å². The molecule has 1 aromatic carbocycles. The lowest BCUT2D eigenvalue weighted by atomic mass is 10.0. The summed E-state index contributed by atoms with van der Waals surface area (Å²) in [7, 11) is 0. The highest BCUT2D eigenvalue weighted by Crippen LogP contribution is 2.46. The van der Waals surface area contributed by atoms with Crippen molar-refractivity contribution in [2.45, 2.75) is 18.4 Å². The largest absolute Gasteiger partial charge is 0.486 e. The number of ether oxygens (including phenoxy) is 1. The Hall–Kier alpha value is -3.42. The van der Waals surface area contributed by atoms with E-state index in [1.807, 2.05) is 0 Å². The van der Waals surface area contributed by atoms with Gasteiger partial charge in [-0.1, -0.05) is 11.8 Å². The first-order valence-corrected chi connectivity index (χ1v) is 9.48. The fraction of sp³-hybridized carbons (Fsp3) is 0.200. The van der Waals surface area contributed by atoms with E-state index in [1.165, 1.54) is 31.5 Å². The second-order valence-electron chi connectivity index (χ2n) is 6.66. The summed E-state index contributed by atoms with van der Waals surface area (Å²) in [4.78, 5) is 23.1. The van der Waals surface area contributed by atoms with Crippen LogP contribution in [0.15, 0.2) is 36.7 Å². The number of nitrogens with two attached hydrogens (primary N) is 1. The third-order valence-electron chi connectivity index (χ3n) is 4.27. The Labute approximate surface area is 173 Å². The van der Waals surface area contributed by atoms with Gasteiger partial charge in [0, 0.05) is 23.5 Å². The number of hydrogen-bond donors (Lipinski definition) is 2. The minimum Gasteiger partial charge on any atom is -0.486 e. The molecule has 3 heterocycles. The average molecular weight is 428 g/mol. The van der Waals surface area contributed by atoms with Gasteiger partial charge in [0.1, 0.15) is 10.6 Å². The number of aromatic nitrogens is 3. The zero-order valence-corrected chi connectivity index (χ0v) is 16.3. The molecule has 3 aromatic rings. The fourth-order valence-electron chi connectivity index (χ4n) is 2.81. The molecule has 1 amide bonds. The van der Waals surface area contributed by atoms with Gasteiger partial charge >= 0.3 is 5.92 Å². The number of rotatable bonds is 2. The summed E-state index contributed by atoms with van der Waals surface area (Å²) in [6, 6.07) is 6.18. The van der Waals surface area contributed by atoms with Gasteiger partial charge in [-0.3, -0.25) is 4.79 Å². The van der Waals surface area contributed by atoms with Gasteiger partial charge in [-0.25, -0.2) is 15.0 Å². The number of carbonyl (C=O) groups excluding carboxylic acids is 1. The minimum absolute atomic E-state index is 0.0758. The molecule has 0 saturated heterocycles. The number of aliphatic hydroxyl groups is 1. The Morgan fingerprint density at radius 1 is 1.37 bits per heavy atom. The molecule has 1 atom stereocenters. The Bertz CT molecular complexity index is 1200. The number of hydrogen-bond acceptors (Lipinski definition) is 7. The smallest absolute Gasteiger partial charge is 0.317 e. The van der Waals surface area contributed by atoms with Crippen LogP contribution < -0.4 is 10.5 Å². The van der Waals surface area contributed by atoms with Crippen molar-refractivity contribution in [3.05, 3.63) is 57.9 Å². The van der Waals surface area contributed by atoms with Crippen molar-refractivity contribution >= 4 is 17.2 Å². The number of carbonyl (C=O) groups is 1. The predicted octanol–water partition coefficient (Wildman–Crippen LogP) is 2.44. The zero-order valence-electron chi connectivity index (χ0n) is 15.5. The lowest BCUT2D eigenvalue weighted by Gasteiger charge is -2.13.